The highest BCUT2D eigenvalue weighted by molar-refractivity contribution is 9.10. The van der Waals surface area contributed by atoms with Crippen molar-refractivity contribution < 1.29 is 19.1 Å². The Morgan fingerprint density at radius 2 is 1.88 bits per heavy atom. The molecule has 1 N–H and O–H groups in total. The smallest absolute Gasteiger partial charge is 0.335 e. The first-order valence-corrected chi connectivity index (χ1v) is 11.3. The van der Waals surface area contributed by atoms with Crippen LogP contribution in [0, 0.1) is 0 Å². The number of aromatic nitrogens is 3. The van der Waals surface area contributed by atoms with Gasteiger partial charge in [-0.1, -0.05) is 39.4 Å². The summed E-state index contributed by atoms with van der Waals surface area (Å²) in [6, 6.07) is 17.3. The number of benzene rings is 2. The van der Waals surface area contributed by atoms with Gasteiger partial charge in [-0.3, -0.25) is 4.79 Å². The van der Waals surface area contributed by atoms with E-state index >= 15 is 0 Å². The van der Waals surface area contributed by atoms with Crippen LogP contribution < -0.4 is 14.8 Å². The van der Waals surface area contributed by atoms with Gasteiger partial charge >= 0.3 is 5.97 Å². The number of furan rings is 1. The van der Waals surface area contributed by atoms with Crippen LogP contribution in [0.3, 0.4) is 0 Å². The lowest BCUT2D eigenvalue weighted by Crippen LogP contribution is -2.23. The van der Waals surface area contributed by atoms with Gasteiger partial charge in [-0.05, 0) is 48.5 Å². The van der Waals surface area contributed by atoms with Gasteiger partial charge in [0.1, 0.15) is 28.4 Å². The van der Waals surface area contributed by atoms with Gasteiger partial charge in [0.2, 0.25) is 4.96 Å². The number of rotatable bonds is 6. The van der Waals surface area contributed by atoms with E-state index in [1.807, 2.05) is 24.3 Å². The van der Waals surface area contributed by atoms with Crippen molar-refractivity contribution in [3.63, 3.8) is 0 Å². The lowest BCUT2D eigenvalue weighted by Gasteiger charge is -2.02. The highest BCUT2D eigenvalue weighted by atomic mass is 79.9. The second-order valence-electron chi connectivity index (χ2n) is 6.97. The van der Waals surface area contributed by atoms with Crippen LogP contribution in [0.15, 0.2) is 74.3 Å². The highest BCUT2D eigenvalue weighted by Gasteiger charge is 2.12. The number of carboxylic acids is 1. The molecule has 0 radical (unpaired) electrons. The normalized spacial score (nSPS) is 11.8. The number of nitrogens with zero attached hydrogens (tertiary/aromatic N) is 3. The summed E-state index contributed by atoms with van der Waals surface area (Å²) in [6.45, 7) is 0.150. The SMILES string of the molecule is O=C(O)c1ccc(-c2ccc(/C=c3\sc4nc(COc5ccc(Br)cc5)nn4c3=O)o2)cc1. The third-order valence-electron chi connectivity index (χ3n) is 4.72. The first kappa shape index (κ1) is 21.1. The molecule has 0 atom stereocenters. The molecule has 0 saturated carbocycles. The van der Waals surface area contributed by atoms with Gasteiger partial charge in [0.25, 0.3) is 5.56 Å². The summed E-state index contributed by atoms with van der Waals surface area (Å²) in [6.07, 6.45) is 1.64. The fourth-order valence-electron chi connectivity index (χ4n) is 3.11. The standard InChI is InChI=1S/C23H14BrN3O5S/c24-15-5-7-16(8-6-15)31-12-20-25-23-27(26-20)21(28)19(33-23)11-17-9-10-18(32-17)13-1-3-14(4-2-13)22(29)30/h1-11H,12H2,(H,29,30)/b19-11-. The van der Waals surface area contributed by atoms with E-state index in [2.05, 4.69) is 26.0 Å². The van der Waals surface area contributed by atoms with Crippen LogP contribution in [0.1, 0.15) is 21.9 Å². The summed E-state index contributed by atoms with van der Waals surface area (Å²) in [5.74, 6) is 1.17. The minimum Gasteiger partial charge on any atom is -0.486 e. The maximum absolute atomic E-state index is 12.7. The minimum absolute atomic E-state index is 0.150. The number of hydrogen-bond donors (Lipinski definition) is 1. The van der Waals surface area contributed by atoms with Crippen molar-refractivity contribution in [3.8, 4) is 17.1 Å². The molecular formula is C23H14BrN3O5S. The van der Waals surface area contributed by atoms with Crippen molar-refractivity contribution in [1.29, 1.82) is 0 Å². The lowest BCUT2D eigenvalue weighted by molar-refractivity contribution is 0.0697. The average molecular weight is 524 g/mol. The molecule has 0 saturated heterocycles. The number of ether oxygens (including phenoxy) is 1. The predicted octanol–water partition coefficient (Wildman–Crippen LogP) is 4.00. The summed E-state index contributed by atoms with van der Waals surface area (Å²) in [7, 11) is 0. The van der Waals surface area contributed by atoms with Crippen LogP contribution in [-0.4, -0.2) is 25.7 Å². The van der Waals surface area contributed by atoms with Gasteiger partial charge in [0, 0.05) is 16.1 Å². The van der Waals surface area contributed by atoms with Gasteiger partial charge in [-0.2, -0.15) is 9.50 Å². The molecule has 8 nitrogen and oxygen atoms in total. The Morgan fingerprint density at radius 1 is 1.12 bits per heavy atom. The van der Waals surface area contributed by atoms with Crippen molar-refractivity contribution in [2.24, 2.45) is 0 Å². The Bertz CT molecular complexity index is 1570. The maximum atomic E-state index is 12.7. The second kappa shape index (κ2) is 8.64. The van der Waals surface area contributed by atoms with Crippen molar-refractivity contribution in [3.05, 3.63) is 97.2 Å². The summed E-state index contributed by atoms with van der Waals surface area (Å²) in [5.41, 5.74) is 0.644. The first-order valence-electron chi connectivity index (χ1n) is 9.68. The first-order chi connectivity index (χ1) is 16.0. The van der Waals surface area contributed by atoms with E-state index in [9.17, 15) is 9.59 Å². The molecule has 164 valence electrons. The number of thiazole rings is 1. The minimum atomic E-state index is -0.989. The molecule has 0 aliphatic rings. The summed E-state index contributed by atoms with van der Waals surface area (Å²) >= 11 is 4.58. The fraction of sp³-hybridized carbons (Fsp3) is 0.0435. The van der Waals surface area contributed by atoms with Crippen LogP contribution in [0.5, 0.6) is 5.75 Å². The Hall–Kier alpha value is -3.76. The molecule has 3 heterocycles. The van der Waals surface area contributed by atoms with Crippen molar-refractivity contribution >= 4 is 44.3 Å². The van der Waals surface area contributed by atoms with Gasteiger partial charge in [0.15, 0.2) is 5.82 Å². The van der Waals surface area contributed by atoms with Crippen LogP contribution in [0.2, 0.25) is 0 Å². The monoisotopic (exact) mass is 523 g/mol. The van der Waals surface area contributed by atoms with Gasteiger partial charge < -0.3 is 14.3 Å². The Balaban J connectivity index is 1.35. The van der Waals surface area contributed by atoms with Crippen LogP contribution in [-0.2, 0) is 6.61 Å². The molecule has 33 heavy (non-hydrogen) atoms. The Morgan fingerprint density at radius 3 is 2.58 bits per heavy atom. The molecule has 0 fully saturated rings. The summed E-state index contributed by atoms with van der Waals surface area (Å²) < 4.78 is 14.1. The number of aromatic carboxylic acids is 1. The largest absolute Gasteiger partial charge is 0.486 e. The van der Waals surface area contributed by atoms with E-state index in [-0.39, 0.29) is 17.7 Å². The number of halogens is 1. The van der Waals surface area contributed by atoms with E-state index in [1.54, 1.807) is 30.3 Å². The molecule has 0 unspecified atom stereocenters. The second-order valence-corrected chi connectivity index (χ2v) is 8.89. The van der Waals surface area contributed by atoms with Crippen molar-refractivity contribution in [2.45, 2.75) is 6.61 Å². The molecule has 0 aliphatic heterocycles. The quantitative estimate of drug-likeness (QED) is 0.358. The van der Waals surface area contributed by atoms with Gasteiger partial charge in [-0.25, -0.2) is 4.79 Å². The molecule has 2 aromatic carbocycles. The molecular weight excluding hydrogens is 510 g/mol. The number of carbonyl (C=O) groups is 1. The molecule has 3 aromatic heterocycles. The number of fused-ring (bicyclic) bond motifs is 1. The van der Waals surface area contributed by atoms with Gasteiger partial charge in [-0.15, -0.1) is 5.10 Å². The van der Waals surface area contributed by atoms with E-state index in [0.717, 1.165) is 10.0 Å². The summed E-state index contributed by atoms with van der Waals surface area (Å²) in [5, 5.41) is 13.3. The van der Waals surface area contributed by atoms with Crippen molar-refractivity contribution in [1.82, 2.24) is 14.6 Å². The average Bonchev–Trinajstić information content (AvgIpc) is 3.51. The van der Waals surface area contributed by atoms with Crippen molar-refractivity contribution in [2.75, 3.05) is 0 Å². The van der Waals surface area contributed by atoms with Crippen LogP contribution >= 0.6 is 27.3 Å². The summed E-state index contributed by atoms with van der Waals surface area (Å²) in [4.78, 5) is 28.6. The zero-order valence-electron chi connectivity index (χ0n) is 16.8. The number of carboxylic acid groups (broad SMARTS) is 1. The van der Waals surface area contributed by atoms with Crippen LogP contribution in [0.4, 0.5) is 0 Å². The lowest BCUT2D eigenvalue weighted by atomic mass is 10.1. The molecule has 0 bridgehead atoms. The van der Waals surface area contributed by atoms with E-state index in [1.165, 1.54) is 28.0 Å². The molecule has 5 aromatic rings. The Labute approximate surface area is 198 Å². The highest BCUT2D eigenvalue weighted by Crippen LogP contribution is 2.23. The molecule has 0 aliphatic carbocycles. The topological polar surface area (TPSA) is 107 Å². The van der Waals surface area contributed by atoms with E-state index in [4.69, 9.17) is 14.3 Å². The molecule has 5 rings (SSSR count). The molecule has 0 spiro atoms. The molecule has 10 heteroatoms. The number of hydrogen-bond acceptors (Lipinski definition) is 7. The predicted molar refractivity (Wildman–Crippen MR) is 125 cm³/mol. The van der Waals surface area contributed by atoms with Gasteiger partial charge in [0.05, 0.1) is 5.56 Å². The van der Waals surface area contributed by atoms with E-state index < -0.39 is 5.97 Å². The van der Waals surface area contributed by atoms with E-state index in [0.29, 0.717) is 32.6 Å². The third kappa shape index (κ3) is 4.43. The van der Waals surface area contributed by atoms with Crippen LogP contribution in [0.25, 0.3) is 22.4 Å². The fourth-order valence-corrected chi connectivity index (χ4v) is 4.28. The Kier molecular flexibility index (Phi) is 5.53. The maximum Gasteiger partial charge on any atom is 0.335 e. The zero-order valence-corrected chi connectivity index (χ0v) is 19.2. The zero-order chi connectivity index (χ0) is 22.9. The molecule has 0 amide bonds. The third-order valence-corrected chi connectivity index (χ3v) is 6.21.